The summed E-state index contributed by atoms with van der Waals surface area (Å²) < 4.78 is 18.1. The molecule has 1 aliphatic rings. The van der Waals surface area contributed by atoms with Crippen LogP contribution in [-0.2, 0) is 9.53 Å². The topological polar surface area (TPSA) is 26.3 Å². The van der Waals surface area contributed by atoms with Gasteiger partial charge >= 0.3 is 5.97 Å². The Morgan fingerprint density at radius 1 is 1.00 bits per heavy atom. The van der Waals surface area contributed by atoms with E-state index in [4.69, 9.17) is 4.74 Å². The molecule has 1 aliphatic heterocycles. The monoisotopic (exact) mass is 280 g/mol. The van der Waals surface area contributed by atoms with Crippen molar-refractivity contribution in [1.82, 2.24) is 0 Å². The molecule has 2 aromatic rings. The molecule has 0 aliphatic carbocycles. The van der Waals surface area contributed by atoms with Crippen LogP contribution in [0, 0.1) is 12.7 Å². The van der Waals surface area contributed by atoms with E-state index < -0.39 is 5.97 Å². The molecule has 2 aromatic carbocycles. The van der Waals surface area contributed by atoms with Crippen LogP contribution in [0.15, 0.2) is 60.2 Å². The molecule has 1 heterocycles. The summed E-state index contributed by atoms with van der Waals surface area (Å²) in [6.45, 7) is 2.00. The zero-order chi connectivity index (χ0) is 14.8. The molecule has 0 saturated carbocycles. The van der Waals surface area contributed by atoms with E-state index in [1.54, 1.807) is 24.3 Å². The summed E-state index contributed by atoms with van der Waals surface area (Å²) in [5.41, 5.74) is 3.21. The van der Waals surface area contributed by atoms with Gasteiger partial charge in [0.05, 0.1) is 5.57 Å². The number of hydrogen-bond donors (Lipinski definition) is 0. The van der Waals surface area contributed by atoms with E-state index in [0.29, 0.717) is 11.3 Å². The Morgan fingerprint density at radius 3 is 2.33 bits per heavy atom. The van der Waals surface area contributed by atoms with E-state index in [-0.39, 0.29) is 5.82 Å². The molecule has 0 spiro atoms. The fourth-order valence-corrected chi connectivity index (χ4v) is 2.09. The lowest BCUT2D eigenvalue weighted by Crippen LogP contribution is -1.97. The smallest absolute Gasteiger partial charge is 0.343 e. The van der Waals surface area contributed by atoms with Crippen molar-refractivity contribution in [1.29, 1.82) is 0 Å². The minimum atomic E-state index is -0.394. The van der Waals surface area contributed by atoms with Gasteiger partial charge < -0.3 is 4.74 Å². The second kappa shape index (κ2) is 5.37. The number of cyclic esters (lactones) is 1. The first kappa shape index (κ1) is 13.3. The number of rotatable bonds is 2. The Labute approximate surface area is 122 Å². The Kier molecular flexibility index (Phi) is 3.40. The largest absolute Gasteiger partial charge is 0.422 e. The van der Waals surface area contributed by atoms with Crippen molar-refractivity contribution in [2.45, 2.75) is 6.92 Å². The normalized spacial score (nSPS) is 16.0. The predicted octanol–water partition coefficient (Wildman–Crippen LogP) is 4.12. The fourth-order valence-electron chi connectivity index (χ4n) is 2.09. The molecule has 0 atom stereocenters. The van der Waals surface area contributed by atoms with Gasteiger partial charge in [0.15, 0.2) is 0 Å². The first-order chi connectivity index (χ1) is 10.1. The van der Waals surface area contributed by atoms with Gasteiger partial charge in [0.25, 0.3) is 0 Å². The molecule has 0 unspecified atom stereocenters. The van der Waals surface area contributed by atoms with Crippen LogP contribution in [-0.4, -0.2) is 5.97 Å². The SMILES string of the molecule is Cc1ccc(C2=CC(=Cc3ccc(F)cc3)C(=O)O2)cc1. The number of ether oxygens (including phenoxy) is 1. The molecule has 3 rings (SSSR count). The van der Waals surface area contributed by atoms with E-state index in [1.807, 2.05) is 31.2 Å². The highest BCUT2D eigenvalue weighted by Crippen LogP contribution is 2.27. The second-order valence-electron chi connectivity index (χ2n) is 4.92. The third kappa shape index (κ3) is 2.92. The average Bonchev–Trinajstić information content (AvgIpc) is 2.83. The van der Waals surface area contributed by atoms with Crippen LogP contribution in [0.5, 0.6) is 0 Å². The first-order valence-electron chi connectivity index (χ1n) is 6.60. The van der Waals surface area contributed by atoms with E-state index in [0.717, 1.165) is 16.7 Å². The predicted molar refractivity (Wildman–Crippen MR) is 79.6 cm³/mol. The summed E-state index contributed by atoms with van der Waals surface area (Å²) in [7, 11) is 0. The van der Waals surface area contributed by atoms with E-state index in [9.17, 15) is 9.18 Å². The van der Waals surface area contributed by atoms with Crippen molar-refractivity contribution in [3.63, 3.8) is 0 Å². The quantitative estimate of drug-likeness (QED) is 0.611. The van der Waals surface area contributed by atoms with Crippen molar-refractivity contribution in [2.75, 3.05) is 0 Å². The molecule has 0 amide bonds. The number of benzene rings is 2. The van der Waals surface area contributed by atoms with E-state index >= 15 is 0 Å². The van der Waals surface area contributed by atoms with Gasteiger partial charge in [-0.3, -0.25) is 0 Å². The number of carbonyl (C=O) groups excluding carboxylic acids is 1. The highest BCUT2D eigenvalue weighted by atomic mass is 19.1. The van der Waals surface area contributed by atoms with Crippen LogP contribution in [0.1, 0.15) is 16.7 Å². The van der Waals surface area contributed by atoms with Crippen molar-refractivity contribution >= 4 is 17.8 Å². The van der Waals surface area contributed by atoms with Gasteiger partial charge in [0, 0.05) is 5.56 Å². The molecular weight excluding hydrogens is 267 g/mol. The van der Waals surface area contributed by atoms with Crippen molar-refractivity contribution in [2.24, 2.45) is 0 Å². The molecule has 3 heteroatoms. The summed E-state index contributed by atoms with van der Waals surface area (Å²) >= 11 is 0. The van der Waals surface area contributed by atoms with E-state index in [1.165, 1.54) is 12.1 Å². The summed E-state index contributed by atoms with van der Waals surface area (Å²) in [4.78, 5) is 11.9. The number of aryl methyl sites for hydroxylation is 1. The van der Waals surface area contributed by atoms with Gasteiger partial charge in [-0.2, -0.15) is 0 Å². The Morgan fingerprint density at radius 2 is 1.67 bits per heavy atom. The summed E-state index contributed by atoms with van der Waals surface area (Å²) in [5, 5.41) is 0. The number of carbonyl (C=O) groups is 1. The third-order valence-corrected chi connectivity index (χ3v) is 3.25. The minimum Gasteiger partial charge on any atom is -0.422 e. The maximum atomic E-state index is 12.9. The number of esters is 1. The van der Waals surface area contributed by atoms with Crippen LogP contribution in [0.3, 0.4) is 0 Å². The Bertz CT molecular complexity index is 738. The fraction of sp³-hybridized carbons (Fsp3) is 0.0556. The zero-order valence-corrected chi connectivity index (χ0v) is 11.5. The second-order valence-corrected chi connectivity index (χ2v) is 4.92. The highest BCUT2D eigenvalue weighted by Gasteiger charge is 2.21. The lowest BCUT2D eigenvalue weighted by atomic mass is 10.1. The molecular formula is C18H13FO2. The standard InChI is InChI=1S/C18H13FO2/c1-12-2-6-14(7-3-12)17-11-15(18(20)21-17)10-13-4-8-16(19)9-5-13/h2-11H,1H3. The highest BCUT2D eigenvalue weighted by molar-refractivity contribution is 6.05. The molecule has 0 aromatic heterocycles. The minimum absolute atomic E-state index is 0.304. The Hall–Kier alpha value is -2.68. The van der Waals surface area contributed by atoms with Crippen molar-refractivity contribution in [3.8, 4) is 0 Å². The van der Waals surface area contributed by atoms with Gasteiger partial charge in [-0.25, -0.2) is 9.18 Å². The molecule has 21 heavy (non-hydrogen) atoms. The molecule has 2 nitrogen and oxygen atoms in total. The number of hydrogen-bond acceptors (Lipinski definition) is 2. The van der Waals surface area contributed by atoms with Crippen LogP contribution >= 0.6 is 0 Å². The lowest BCUT2D eigenvalue weighted by molar-refractivity contribution is -0.130. The summed E-state index contributed by atoms with van der Waals surface area (Å²) in [5.74, 6) is -0.162. The van der Waals surface area contributed by atoms with Crippen LogP contribution in [0.25, 0.3) is 11.8 Å². The van der Waals surface area contributed by atoms with E-state index in [2.05, 4.69) is 0 Å². The molecule has 0 N–H and O–H groups in total. The maximum absolute atomic E-state index is 12.9. The summed E-state index contributed by atoms with van der Waals surface area (Å²) in [6.07, 6.45) is 3.39. The van der Waals surface area contributed by atoms with Gasteiger partial charge in [-0.15, -0.1) is 0 Å². The van der Waals surface area contributed by atoms with Crippen LogP contribution < -0.4 is 0 Å². The maximum Gasteiger partial charge on any atom is 0.343 e. The van der Waals surface area contributed by atoms with Gasteiger partial charge in [0.1, 0.15) is 11.6 Å². The molecule has 0 fully saturated rings. The number of halogens is 1. The van der Waals surface area contributed by atoms with Crippen molar-refractivity contribution < 1.29 is 13.9 Å². The average molecular weight is 280 g/mol. The van der Waals surface area contributed by atoms with Crippen molar-refractivity contribution in [3.05, 3.63) is 82.7 Å². The van der Waals surface area contributed by atoms with Gasteiger partial charge in [0.2, 0.25) is 0 Å². The summed E-state index contributed by atoms with van der Waals surface area (Å²) in [6, 6.07) is 13.7. The molecule has 0 bridgehead atoms. The van der Waals surface area contributed by atoms with Gasteiger partial charge in [-0.05, 0) is 36.8 Å². The third-order valence-electron chi connectivity index (χ3n) is 3.25. The van der Waals surface area contributed by atoms with Crippen LogP contribution in [0.2, 0.25) is 0 Å². The first-order valence-corrected chi connectivity index (χ1v) is 6.60. The Balaban J connectivity index is 1.91. The van der Waals surface area contributed by atoms with Gasteiger partial charge in [-0.1, -0.05) is 42.0 Å². The lowest BCUT2D eigenvalue weighted by Gasteiger charge is -2.01. The molecule has 104 valence electrons. The zero-order valence-electron chi connectivity index (χ0n) is 11.5. The molecule has 0 saturated heterocycles. The molecule has 0 radical (unpaired) electrons. The van der Waals surface area contributed by atoms with Crippen LogP contribution in [0.4, 0.5) is 4.39 Å².